The fraction of sp³-hybridized carbons (Fsp3) is 0.310. The van der Waals surface area contributed by atoms with Crippen LogP contribution in [0.4, 0.5) is 0 Å². The van der Waals surface area contributed by atoms with E-state index in [0.29, 0.717) is 35.0 Å². The first-order valence-electron chi connectivity index (χ1n) is 11.7. The van der Waals surface area contributed by atoms with Gasteiger partial charge in [-0.15, -0.1) is 0 Å². The molecular formula is C29H30O5. The molecule has 2 N–H and O–H groups in total. The molecule has 0 saturated heterocycles. The van der Waals surface area contributed by atoms with Crippen LogP contribution >= 0.6 is 0 Å². The third-order valence-corrected chi connectivity index (χ3v) is 6.58. The highest BCUT2D eigenvalue weighted by atomic mass is 16.5. The van der Waals surface area contributed by atoms with Gasteiger partial charge in [-0.2, -0.15) is 0 Å². The standard InChI is InChI=1S/C29H30O5/c1-4-20-10-11-21(16-25(20)32-17-19-8-6-5-7-9-19)29(31)18-33-26-22-14-15-28(2,3)34-24(22)13-12-23(26)27(29)30/h5-16,27,30-31H,4,17-18H2,1-3H3. The van der Waals surface area contributed by atoms with Crippen LogP contribution in [0, 0.1) is 0 Å². The quantitative estimate of drug-likeness (QED) is 0.541. The highest BCUT2D eigenvalue weighted by Gasteiger charge is 2.45. The van der Waals surface area contributed by atoms with Crippen molar-refractivity contribution in [2.75, 3.05) is 6.61 Å². The molecule has 0 fully saturated rings. The topological polar surface area (TPSA) is 68.2 Å². The molecular weight excluding hydrogens is 428 g/mol. The average Bonchev–Trinajstić information content (AvgIpc) is 2.84. The number of aryl methyl sites for hydroxylation is 1. The second-order valence-corrected chi connectivity index (χ2v) is 9.50. The van der Waals surface area contributed by atoms with E-state index in [0.717, 1.165) is 23.1 Å². The van der Waals surface area contributed by atoms with Gasteiger partial charge in [-0.3, -0.25) is 0 Å². The summed E-state index contributed by atoms with van der Waals surface area (Å²) in [4.78, 5) is 0. The summed E-state index contributed by atoms with van der Waals surface area (Å²) in [6.07, 6.45) is 3.55. The molecule has 2 unspecified atom stereocenters. The Balaban J connectivity index is 1.46. The van der Waals surface area contributed by atoms with E-state index in [1.54, 1.807) is 6.07 Å². The van der Waals surface area contributed by atoms with Crippen LogP contribution in [0.3, 0.4) is 0 Å². The number of fused-ring (bicyclic) bond motifs is 3. The molecule has 3 aromatic rings. The molecule has 0 saturated carbocycles. The Morgan fingerprint density at radius 1 is 1.06 bits per heavy atom. The van der Waals surface area contributed by atoms with E-state index in [-0.39, 0.29) is 6.61 Å². The molecule has 0 aliphatic carbocycles. The highest BCUT2D eigenvalue weighted by molar-refractivity contribution is 5.70. The minimum absolute atomic E-state index is 0.0849. The second kappa shape index (κ2) is 8.49. The zero-order chi connectivity index (χ0) is 23.9. The van der Waals surface area contributed by atoms with Crippen molar-refractivity contribution in [1.82, 2.24) is 0 Å². The van der Waals surface area contributed by atoms with Gasteiger partial charge in [0.15, 0.2) is 5.60 Å². The van der Waals surface area contributed by atoms with E-state index in [4.69, 9.17) is 14.2 Å². The summed E-state index contributed by atoms with van der Waals surface area (Å²) in [6.45, 7) is 6.37. The van der Waals surface area contributed by atoms with Gasteiger partial charge in [-0.05, 0) is 67.3 Å². The van der Waals surface area contributed by atoms with Crippen LogP contribution in [-0.2, 0) is 18.6 Å². The molecule has 2 atom stereocenters. The molecule has 2 aliphatic heterocycles. The SMILES string of the molecule is CCc1ccc(C2(O)COc3c(ccc4c3C=CC(C)(C)O4)C2O)cc1OCc1ccccc1. The smallest absolute Gasteiger partial charge is 0.154 e. The van der Waals surface area contributed by atoms with E-state index >= 15 is 0 Å². The van der Waals surface area contributed by atoms with Crippen LogP contribution in [0.1, 0.15) is 54.7 Å². The molecule has 0 radical (unpaired) electrons. The van der Waals surface area contributed by atoms with Crippen molar-refractivity contribution < 1.29 is 24.4 Å². The molecule has 34 heavy (non-hydrogen) atoms. The summed E-state index contributed by atoms with van der Waals surface area (Å²) in [7, 11) is 0. The van der Waals surface area contributed by atoms with Crippen LogP contribution in [-0.4, -0.2) is 22.4 Å². The monoisotopic (exact) mass is 458 g/mol. The number of aliphatic hydroxyl groups is 2. The summed E-state index contributed by atoms with van der Waals surface area (Å²) in [5.74, 6) is 1.94. The number of hydrogen-bond donors (Lipinski definition) is 2. The summed E-state index contributed by atoms with van der Waals surface area (Å²) >= 11 is 0. The molecule has 0 bridgehead atoms. The van der Waals surface area contributed by atoms with Gasteiger partial charge in [0.05, 0.1) is 5.56 Å². The van der Waals surface area contributed by atoms with E-state index in [1.807, 2.05) is 80.6 Å². The van der Waals surface area contributed by atoms with Gasteiger partial charge in [0, 0.05) is 5.56 Å². The molecule has 176 valence electrons. The largest absolute Gasteiger partial charge is 0.489 e. The van der Waals surface area contributed by atoms with Crippen molar-refractivity contribution >= 4 is 6.08 Å². The highest BCUT2D eigenvalue weighted by Crippen LogP contribution is 2.49. The zero-order valence-electron chi connectivity index (χ0n) is 19.7. The van der Waals surface area contributed by atoms with Crippen LogP contribution in [0.2, 0.25) is 0 Å². The Hall–Kier alpha value is -3.28. The van der Waals surface area contributed by atoms with E-state index < -0.39 is 17.3 Å². The molecule has 0 spiro atoms. The second-order valence-electron chi connectivity index (χ2n) is 9.50. The normalized spacial score (nSPS) is 22.2. The molecule has 2 aliphatic rings. The lowest BCUT2D eigenvalue weighted by Gasteiger charge is -2.40. The number of ether oxygens (including phenoxy) is 3. The minimum Gasteiger partial charge on any atom is -0.489 e. The van der Waals surface area contributed by atoms with Crippen LogP contribution < -0.4 is 14.2 Å². The third kappa shape index (κ3) is 3.95. The fourth-order valence-electron chi connectivity index (χ4n) is 4.57. The van der Waals surface area contributed by atoms with Gasteiger partial charge in [0.1, 0.15) is 42.2 Å². The molecule has 5 nitrogen and oxygen atoms in total. The van der Waals surface area contributed by atoms with Crippen molar-refractivity contribution in [3.8, 4) is 17.2 Å². The van der Waals surface area contributed by atoms with Gasteiger partial charge in [-0.1, -0.05) is 49.4 Å². The molecule has 3 aromatic carbocycles. The minimum atomic E-state index is -1.61. The Morgan fingerprint density at radius 3 is 2.62 bits per heavy atom. The maximum absolute atomic E-state index is 11.6. The summed E-state index contributed by atoms with van der Waals surface area (Å²) in [6, 6.07) is 19.2. The Kier molecular flexibility index (Phi) is 5.62. The predicted octanol–water partition coefficient (Wildman–Crippen LogP) is 5.33. The van der Waals surface area contributed by atoms with Crippen LogP contribution in [0.15, 0.2) is 66.7 Å². The first-order chi connectivity index (χ1) is 16.3. The Bertz CT molecular complexity index is 1230. The van der Waals surface area contributed by atoms with E-state index in [2.05, 4.69) is 6.92 Å². The summed E-state index contributed by atoms with van der Waals surface area (Å²) < 4.78 is 18.2. The lowest BCUT2D eigenvalue weighted by Crippen LogP contribution is -2.43. The molecule has 5 heteroatoms. The number of aliphatic hydroxyl groups excluding tert-OH is 1. The Morgan fingerprint density at radius 2 is 1.85 bits per heavy atom. The summed E-state index contributed by atoms with van der Waals surface area (Å²) in [5.41, 5.74) is 1.94. The van der Waals surface area contributed by atoms with Crippen LogP contribution in [0.25, 0.3) is 6.08 Å². The van der Waals surface area contributed by atoms with Gasteiger partial charge >= 0.3 is 0 Å². The van der Waals surface area contributed by atoms with Crippen molar-refractivity contribution in [3.63, 3.8) is 0 Å². The predicted molar refractivity (Wildman–Crippen MR) is 131 cm³/mol. The van der Waals surface area contributed by atoms with Crippen molar-refractivity contribution in [2.24, 2.45) is 0 Å². The Labute approximate surface area is 200 Å². The van der Waals surface area contributed by atoms with Gasteiger partial charge in [0.2, 0.25) is 0 Å². The molecule has 0 amide bonds. The maximum atomic E-state index is 11.6. The van der Waals surface area contributed by atoms with Crippen LogP contribution in [0.5, 0.6) is 17.2 Å². The van der Waals surface area contributed by atoms with Crippen molar-refractivity contribution in [1.29, 1.82) is 0 Å². The lowest BCUT2D eigenvalue weighted by atomic mass is 9.81. The van der Waals surface area contributed by atoms with Crippen molar-refractivity contribution in [3.05, 3.63) is 94.6 Å². The van der Waals surface area contributed by atoms with Gasteiger partial charge in [-0.25, -0.2) is 0 Å². The maximum Gasteiger partial charge on any atom is 0.154 e. The fourth-order valence-corrected chi connectivity index (χ4v) is 4.57. The first-order valence-corrected chi connectivity index (χ1v) is 11.7. The lowest BCUT2D eigenvalue weighted by molar-refractivity contribution is -0.121. The average molecular weight is 459 g/mol. The summed E-state index contributed by atoms with van der Waals surface area (Å²) in [5, 5.41) is 23.0. The van der Waals surface area contributed by atoms with E-state index in [9.17, 15) is 10.2 Å². The van der Waals surface area contributed by atoms with E-state index in [1.165, 1.54) is 0 Å². The molecule has 2 heterocycles. The van der Waals surface area contributed by atoms with Crippen molar-refractivity contribution in [2.45, 2.75) is 51.1 Å². The molecule has 0 aromatic heterocycles. The number of rotatable bonds is 5. The zero-order valence-corrected chi connectivity index (χ0v) is 19.7. The van der Waals surface area contributed by atoms with Gasteiger partial charge < -0.3 is 24.4 Å². The third-order valence-electron chi connectivity index (χ3n) is 6.58. The van der Waals surface area contributed by atoms with Gasteiger partial charge in [0.25, 0.3) is 0 Å². The molecule has 5 rings (SSSR count). The number of hydrogen-bond acceptors (Lipinski definition) is 5. The first kappa shape index (κ1) is 22.5. The number of benzene rings is 3.